The third kappa shape index (κ3) is 7.74. The van der Waals surface area contributed by atoms with Gasteiger partial charge in [0.15, 0.2) is 0 Å². The number of carbonyl (C=O) groups excluding carboxylic acids is 2. The molecular weight excluding hydrogens is 444 g/mol. The summed E-state index contributed by atoms with van der Waals surface area (Å²) >= 11 is 6.23. The molecule has 0 aliphatic carbocycles. The Balaban J connectivity index is 1.93. The molecule has 5 heteroatoms. The third-order valence-corrected chi connectivity index (χ3v) is 6.05. The maximum atomic E-state index is 13.7. The second-order valence-electron chi connectivity index (χ2n) is 8.66. The average molecular weight is 477 g/mol. The summed E-state index contributed by atoms with van der Waals surface area (Å²) < 4.78 is 0. The van der Waals surface area contributed by atoms with Crippen molar-refractivity contribution < 1.29 is 9.59 Å². The lowest BCUT2D eigenvalue weighted by atomic mass is 10.0. The number of hydrogen-bond acceptors (Lipinski definition) is 2. The van der Waals surface area contributed by atoms with Gasteiger partial charge in [0.25, 0.3) is 0 Å². The number of amides is 2. The molecule has 0 aliphatic rings. The molecule has 0 saturated carbocycles. The van der Waals surface area contributed by atoms with Crippen LogP contribution in [-0.2, 0) is 29.0 Å². The molecule has 34 heavy (non-hydrogen) atoms. The van der Waals surface area contributed by atoms with Gasteiger partial charge in [0.2, 0.25) is 11.8 Å². The molecule has 4 nitrogen and oxygen atoms in total. The van der Waals surface area contributed by atoms with Gasteiger partial charge in [-0.15, -0.1) is 0 Å². The highest BCUT2D eigenvalue weighted by atomic mass is 35.5. The number of rotatable bonds is 11. The monoisotopic (exact) mass is 476 g/mol. The van der Waals surface area contributed by atoms with Crippen LogP contribution in [0.3, 0.4) is 0 Å². The summed E-state index contributed by atoms with van der Waals surface area (Å²) in [4.78, 5) is 28.8. The molecule has 0 unspecified atom stereocenters. The van der Waals surface area contributed by atoms with Crippen LogP contribution < -0.4 is 5.32 Å². The summed E-state index contributed by atoms with van der Waals surface area (Å²) in [6.07, 6.45) is 2.56. The minimum atomic E-state index is -0.629. The first-order valence-electron chi connectivity index (χ1n) is 11.9. The molecule has 2 amide bonds. The van der Waals surface area contributed by atoms with E-state index in [9.17, 15) is 9.59 Å². The Morgan fingerprint density at radius 3 is 2.29 bits per heavy atom. The van der Waals surface area contributed by atoms with E-state index < -0.39 is 6.04 Å². The number of nitrogens with zero attached hydrogens (tertiary/aromatic N) is 1. The van der Waals surface area contributed by atoms with Crippen LogP contribution in [0.1, 0.15) is 42.0 Å². The van der Waals surface area contributed by atoms with E-state index in [1.54, 1.807) is 4.90 Å². The molecular formula is C29H33ClN2O2. The molecule has 0 aliphatic heterocycles. The predicted molar refractivity (Wildman–Crippen MR) is 139 cm³/mol. The minimum absolute atomic E-state index is 0.0876. The smallest absolute Gasteiger partial charge is 0.243 e. The van der Waals surface area contributed by atoms with Crippen LogP contribution in [0.2, 0.25) is 5.02 Å². The van der Waals surface area contributed by atoms with E-state index in [0.29, 0.717) is 24.5 Å². The van der Waals surface area contributed by atoms with Crippen molar-refractivity contribution in [3.63, 3.8) is 0 Å². The van der Waals surface area contributed by atoms with Crippen LogP contribution in [0, 0.1) is 6.92 Å². The van der Waals surface area contributed by atoms with Gasteiger partial charge in [0.05, 0.1) is 6.42 Å². The van der Waals surface area contributed by atoms with Gasteiger partial charge in [-0.1, -0.05) is 97.2 Å². The lowest BCUT2D eigenvalue weighted by molar-refractivity contribution is -0.140. The van der Waals surface area contributed by atoms with E-state index in [4.69, 9.17) is 11.6 Å². The molecule has 0 saturated heterocycles. The summed E-state index contributed by atoms with van der Waals surface area (Å²) in [5.74, 6) is -0.216. The van der Waals surface area contributed by atoms with Gasteiger partial charge in [0.1, 0.15) is 6.04 Å². The summed E-state index contributed by atoms with van der Waals surface area (Å²) in [6.45, 7) is 5.01. The highest BCUT2D eigenvalue weighted by molar-refractivity contribution is 6.30. The number of unbranched alkanes of at least 4 members (excludes halogenated alkanes) is 1. The van der Waals surface area contributed by atoms with Crippen LogP contribution in [0.4, 0.5) is 0 Å². The number of hydrogen-bond donors (Lipinski definition) is 1. The zero-order valence-corrected chi connectivity index (χ0v) is 20.7. The fourth-order valence-electron chi connectivity index (χ4n) is 3.87. The Morgan fingerprint density at radius 2 is 1.62 bits per heavy atom. The Hall–Kier alpha value is -3.11. The van der Waals surface area contributed by atoms with Crippen molar-refractivity contribution in [3.05, 3.63) is 106 Å². The normalized spacial score (nSPS) is 11.6. The van der Waals surface area contributed by atoms with Crippen LogP contribution in [-0.4, -0.2) is 29.3 Å². The Morgan fingerprint density at radius 1 is 0.912 bits per heavy atom. The van der Waals surface area contributed by atoms with Crippen LogP contribution in [0.25, 0.3) is 0 Å². The summed E-state index contributed by atoms with van der Waals surface area (Å²) in [5, 5.41) is 3.66. The first kappa shape index (κ1) is 25.5. The lowest BCUT2D eigenvalue weighted by Crippen LogP contribution is -2.51. The van der Waals surface area contributed by atoms with E-state index in [0.717, 1.165) is 35.1 Å². The fourth-order valence-corrected chi connectivity index (χ4v) is 4.09. The van der Waals surface area contributed by atoms with Crippen molar-refractivity contribution in [3.8, 4) is 0 Å². The largest absolute Gasteiger partial charge is 0.354 e. The lowest BCUT2D eigenvalue weighted by Gasteiger charge is -2.32. The average Bonchev–Trinajstić information content (AvgIpc) is 2.83. The number of benzene rings is 3. The van der Waals surface area contributed by atoms with Gasteiger partial charge in [-0.25, -0.2) is 0 Å². The minimum Gasteiger partial charge on any atom is -0.354 e. The molecule has 178 valence electrons. The summed E-state index contributed by atoms with van der Waals surface area (Å²) in [5.41, 5.74) is 3.97. The van der Waals surface area contributed by atoms with Crippen LogP contribution >= 0.6 is 11.6 Å². The second-order valence-corrected chi connectivity index (χ2v) is 9.10. The molecule has 0 heterocycles. The molecule has 0 aromatic heterocycles. The molecule has 0 spiro atoms. The van der Waals surface area contributed by atoms with Gasteiger partial charge >= 0.3 is 0 Å². The van der Waals surface area contributed by atoms with Crippen molar-refractivity contribution in [1.29, 1.82) is 0 Å². The maximum absolute atomic E-state index is 13.7. The second kappa shape index (κ2) is 13.0. The highest BCUT2D eigenvalue weighted by Gasteiger charge is 2.30. The summed E-state index contributed by atoms with van der Waals surface area (Å²) in [6, 6.07) is 24.6. The molecule has 0 fully saturated rings. The van der Waals surface area contributed by atoms with Crippen molar-refractivity contribution in [2.24, 2.45) is 0 Å². The molecule has 1 N–H and O–H groups in total. The fraction of sp³-hybridized carbons (Fsp3) is 0.310. The number of carbonyl (C=O) groups is 2. The van der Waals surface area contributed by atoms with Crippen molar-refractivity contribution in [2.75, 3.05) is 6.54 Å². The molecule has 0 radical (unpaired) electrons. The van der Waals surface area contributed by atoms with Gasteiger partial charge < -0.3 is 10.2 Å². The SMILES string of the molecule is CCCCNC(=O)[C@H](Cc1ccccc1)N(Cc1cccc(Cl)c1)C(=O)Cc1ccc(C)cc1. The Bertz CT molecular complexity index is 1070. The molecule has 3 aromatic carbocycles. The standard InChI is InChI=1S/C29H33ClN2O2/c1-3-4-17-31-29(34)27(19-23-9-6-5-7-10-23)32(21-25-11-8-12-26(30)18-25)28(33)20-24-15-13-22(2)14-16-24/h5-16,18,27H,3-4,17,19-21H2,1-2H3,(H,31,34)/t27-/m0/s1. The number of halogens is 1. The van der Waals surface area contributed by atoms with Crippen molar-refractivity contribution >= 4 is 23.4 Å². The molecule has 0 bridgehead atoms. The van der Waals surface area contributed by atoms with Crippen molar-refractivity contribution in [1.82, 2.24) is 10.2 Å². The van der Waals surface area contributed by atoms with E-state index in [2.05, 4.69) is 12.2 Å². The Kier molecular flexibility index (Phi) is 9.72. The Labute approximate surface area is 207 Å². The van der Waals surface area contributed by atoms with E-state index in [1.165, 1.54) is 0 Å². The maximum Gasteiger partial charge on any atom is 0.243 e. The predicted octanol–water partition coefficient (Wildman–Crippen LogP) is 5.75. The van der Waals surface area contributed by atoms with E-state index in [-0.39, 0.29) is 18.2 Å². The summed E-state index contributed by atoms with van der Waals surface area (Å²) in [7, 11) is 0. The highest BCUT2D eigenvalue weighted by Crippen LogP contribution is 2.19. The topological polar surface area (TPSA) is 49.4 Å². The van der Waals surface area contributed by atoms with Gasteiger partial charge in [-0.2, -0.15) is 0 Å². The first-order valence-corrected chi connectivity index (χ1v) is 12.2. The molecule has 3 rings (SSSR count). The number of nitrogens with one attached hydrogen (secondary N) is 1. The van der Waals surface area contributed by atoms with Gasteiger partial charge in [0, 0.05) is 24.5 Å². The van der Waals surface area contributed by atoms with Gasteiger partial charge in [-0.3, -0.25) is 9.59 Å². The van der Waals surface area contributed by atoms with Gasteiger partial charge in [-0.05, 0) is 42.2 Å². The first-order chi connectivity index (χ1) is 16.5. The molecule has 1 atom stereocenters. The van der Waals surface area contributed by atoms with Crippen molar-refractivity contribution in [2.45, 2.75) is 52.1 Å². The molecule has 3 aromatic rings. The van der Waals surface area contributed by atoms with Crippen LogP contribution in [0.15, 0.2) is 78.9 Å². The van der Waals surface area contributed by atoms with E-state index in [1.807, 2.05) is 85.8 Å². The third-order valence-electron chi connectivity index (χ3n) is 5.82. The van der Waals surface area contributed by atoms with E-state index >= 15 is 0 Å². The quantitative estimate of drug-likeness (QED) is 0.358. The van der Waals surface area contributed by atoms with Crippen LogP contribution in [0.5, 0.6) is 0 Å². The zero-order chi connectivity index (χ0) is 24.3. The zero-order valence-electron chi connectivity index (χ0n) is 20.0. The number of aryl methyl sites for hydroxylation is 1.